The summed E-state index contributed by atoms with van der Waals surface area (Å²) in [5.41, 5.74) is 2.16. The molecule has 114 valence electrons. The van der Waals surface area contributed by atoms with Gasteiger partial charge in [-0.15, -0.1) is 0 Å². The molecular formula is C19H20ClNO. The van der Waals surface area contributed by atoms with E-state index in [-0.39, 0.29) is 12.0 Å². The van der Waals surface area contributed by atoms with Crippen LogP contribution in [0.1, 0.15) is 37.3 Å². The number of para-hydroxylation sites is 1. The maximum absolute atomic E-state index is 12.4. The molecule has 2 nitrogen and oxygen atoms in total. The van der Waals surface area contributed by atoms with Gasteiger partial charge in [0.1, 0.15) is 5.78 Å². The Bertz CT molecular complexity index is 624. The third-order valence-electron chi connectivity index (χ3n) is 4.33. The monoisotopic (exact) mass is 313 g/mol. The average molecular weight is 314 g/mol. The summed E-state index contributed by atoms with van der Waals surface area (Å²) in [6, 6.07) is 17.9. The van der Waals surface area contributed by atoms with Crippen molar-refractivity contribution in [2.45, 2.75) is 31.7 Å². The first-order valence-corrected chi connectivity index (χ1v) is 8.21. The average Bonchev–Trinajstić information content (AvgIpc) is 2.55. The number of anilines is 1. The smallest absolute Gasteiger partial charge is 0.138 e. The molecule has 22 heavy (non-hydrogen) atoms. The van der Waals surface area contributed by atoms with Crippen molar-refractivity contribution >= 4 is 23.1 Å². The highest BCUT2D eigenvalue weighted by atomic mass is 35.5. The Kier molecular flexibility index (Phi) is 4.79. The van der Waals surface area contributed by atoms with Crippen molar-refractivity contribution < 1.29 is 4.79 Å². The van der Waals surface area contributed by atoms with E-state index in [1.54, 1.807) is 0 Å². The zero-order valence-electron chi connectivity index (χ0n) is 12.5. The number of benzene rings is 2. The van der Waals surface area contributed by atoms with Crippen molar-refractivity contribution in [2.24, 2.45) is 5.92 Å². The van der Waals surface area contributed by atoms with Crippen LogP contribution in [-0.4, -0.2) is 5.78 Å². The van der Waals surface area contributed by atoms with Gasteiger partial charge in [-0.2, -0.15) is 0 Å². The molecule has 0 aromatic heterocycles. The van der Waals surface area contributed by atoms with Crippen molar-refractivity contribution in [2.75, 3.05) is 5.32 Å². The fraction of sp³-hybridized carbons (Fsp3) is 0.316. The minimum atomic E-state index is 0.00691. The molecule has 1 fully saturated rings. The second-order valence-corrected chi connectivity index (χ2v) is 6.29. The normalized spacial score (nSPS) is 19.7. The van der Waals surface area contributed by atoms with E-state index in [2.05, 4.69) is 5.32 Å². The van der Waals surface area contributed by atoms with E-state index in [9.17, 15) is 4.79 Å². The Hall–Kier alpha value is -1.80. The van der Waals surface area contributed by atoms with Gasteiger partial charge in [-0.05, 0) is 42.7 Å². The van der Waals surface area contributed by atoms with Crippen LogP contribution in [0.15, 0.2) is 54.6 Å². The molecule has 1 aliphatic rings. The van der Waals surface area contributed by atoms with Gasteiger partial charge in [-0.1, -0.05) is 48.4 Å². The van der Waals surface area contributed by atoms with E-state index < -0.39 is 0 Å². The van der Waals surface area contributed by atoms with Crippen LogP contribution >= 0.6 is 11.6 Å². The fourth-order valence-corrected chi connectivity index (χ4v) is 3.29. The lowest BCUT2D eigenvalue weighted by molar-refractivity contribution is -0.125. The molecule has 1 saturated carbocycles. The highest BCUT2D eigenvalue weighted by Crippen LogP contribution is 2.35. The Morgan fingerprint density at radius 2 is 1.73 bits per heavy atom. The molecular weight excluding hydrogens is 294 g/mol. The first kappa shape index (κ1) is 15.1. The second kappa shape index (κ2) is 6.97. The molecule has 1 aliphatic carbocycles. The van der Waals surface area contributed by atoms with Gasteiger partial charge in [0.25, 0.3) is 0 Å². The first-order chi connectivity index (χ1) is 10.7. The van der Waals surface area contributed by atoms with Crippen LogP contribution in [0.3, 0.4) is 0 Å². The summed E-state index contributed by atoms with van der Waals surface area (Å²) in [7, 11) is 0. The molecule has 0 bridgehead atoms. The molecule has 2 atom stereocenters. The van der Waals surface area contributed by atoms with Gasteiger partial charge in [0.2, 0.25) is 0 Å². The first-order valence-electron chi connectivity index (χ1n) is 7.84. The summed E-state index contributed by atoms with van der Waals surface area (Å²) >= 11 is 6.00. The van der Waals surface area contributed by atoms with Gasteiger partial charge >= 0.3 is 0 Å². The number of halogens is 1. The van der Waals surface area contributed by atoms with Gasteiger partial charge in [0.15, 0.2) is 0 Å². The molecule has 1 N–H and O–H groups in total. The second-order valence-electron chi connectivity index (χ2n) is 5.86. The lowest BCUT2D eigenvalue weighted by atomic mass is 9.80. The maximum Gasteiger partial charge on any atom is 0.138 e. The minimum Gasteiger partial charge on any atom is -0.378 e. The summed E-state index contributed by atoms with van der Waals surface area (Å²) in [5.74, 6) is 0.407. The maximum atomic E-state index is 12.4. The molecule has 3 rings (SSSR count). The number of ketones is 1. The van der Waals surface area contributed by atoms with E-state index in [0.717, 1.165) is 35.5 Å². The Balaban J connectivity index is 1.90. The quantitative estimate of drug-likeness (QED) is 0.835. The van der Waals surface area contributed by atoms with Crippen molar-refractivity contribution in [3.05, 3.63) is 65.2 Å². The van der Waals surface area contributed by atoms with Crippen LogP contribution in [0.4, 0.5) is 5.69 Å². The van der Waals surface area contributed by atoms with Gasteiger partial charge in [-0.3, -0.25) is 4.79 Å². The van der Waals surface area contributed by atoms with Gasteiger partial charge < -0.3 is 5.32 Å². The number of carbonyl (C=O) groups excluding carboxylic acids is 1. The van der Waals surface area contributed by atoms with Gasteiger partial charge in [-0.25, -0.2) is 0 Å². The number of rotatable bonds is 4. The van der Waals surface area contributed by atoms with Crippen molar-refractivity contribution in [3.8, 4) is 0 Å². The molecule has 1 unspecified atom stereocenters. The number of Topliss-reactive ketones (excluding diaryl/α,β-unsaturated/α-hetero) is 1. The summed E-state index contributed by atoms with van der Waals surface area (Å²) in [4.78, 5) is 12.4. The molecule has 2 aromatic carbocycles. The molecule has 0 heterocycles. The van der Waals surface area contributed by atoms with Crippen LogP contribution in [0.5, 0.6) is 0 Å². The number of nitrogens with one attached hydrogen (secondary N) is 1. The Morgan fingerprint density at radius 3 is 2.41 bits per heavy atom. The van der Waals surface area contributed by atoms with Crippen molar-refractivity contribution in [3.63, 3.8) is 0 Å². The summed E-state index contributed by atoms with van der Waals surface area (Å²) in [5, 5.41) is 4.27. The Morgan fingerprint density at radius 1 is 1.00 bits per heavy atom. The molecule has 0 amide bonds. The zero-order valence-corrected chi connectivity index (χ0v) is 13.2. The standard InChI is InChI=1S/C19H20ClNO/c20-15-12-10-14(11-13-15)19(17-8-4-5-9-18(17)22)21-16-6-2-1-3-7-16/h1-3,6-7,10-13,17,19,21H,4-5,8-9H2/t17?,19-/m1/s1. The molecule has 2 aromatic rings. The number of carbonyl (C=O) groups is 1. The van der Waals surface area contributed by atoms with Crippen LogP contribution in [0.25, 0.3) is 0 Å². The SMILES string of the molecule is O=C1CCCCC1[C@H](Nc1ccccc1)c1ccc(Cl)cc1. The minimum absolute atomic E-state index is 0.00691. The van der Waals surface area contributed by atoms with E-state index in [4.69, 9.17) is 11.6 Å². The van der Waals surface area contributed by atoms with Crippen LogP contribution in [0, 0.1) is 5.92 Å². The molecule has 0 saturated heterocycles. The van der Waals surface area contributed by atoms with Crippen LogP contribution in [0.2, 0.25) is 5.02 Å². The molecule has 0 radical (unpaired) electrons. The third kappa shape index (κ3) is 3.50. The zero-order chi connectivity index (χ0) is 15.4. The Labute approximate surface area is 136 Å². The predicted molar refractivity (Wildman–Crippen MR) is 91.2 cm³/mol. The largest absolute Gasteiger partial charge is 0.378 e. The number of hydrogen-bond donors (Lipinski definition) is 1. The molecule has 0 aliphatic heterocycles. The van der Waals surface area contributed by atoms with E-state index in [1.165, 1.54) is 0 Å². The fourth-order valence-electron chi connectivity index (χ4n) is 3.16. The van der Waals surface area contributed by atoms with Crippen molar-refractivity contribution in [1.82, 2.24) is 0 Å². The number of hydrogen-bond acceptors (Lipinski definition) is 2. The van der Waals surface area contributed by atoms with Crippen molar-refractivity contribution in [1.29, 1.82) is 0 Å². The predicted octanol–water partition coefficient (Wildman–Crippen LogP) is 5.25. The lowest BCUT2D eigenvalue weighted by Crippen LogP contribution is -2.30. The highest BCUT2D eigenvalue weighted by molar-refractivity contribution is 6.30. The van der Waals surface area contributed by atoms with Crippen LogP contribution < -0.4 is 5.32 Å². The molecule has 0 spiro atoms. The van der Waals surface area contributed by atoms with Gasteiger partial charge in [0.05, 0.1) is 6.04 Å². The van der Waals surface area contributed by atoms with Gasteiger partial charge in [0, 0.05) is 23.0 Å². The molecule has 3 heteroatoms. The topological polar surface area (TPSA) is 29.1 Å². The van der Waals surface area contributed by atoms with Crippen LogP contribution in [-0.2, 0) is 4.79 Å². The highest BCUT2D eigenvalue weighted by Gasteiger charge is 2.31. The lowest BCUT2D eigenvalue weighted by Gasteiger charge is -2.31. The van der Waals surface area contributed by atoms with E-state index >= 15 is 0 Å². The summed E-state index contributed by atoms with van der Waals surface area (Å²) in [6.07, 6.45) is 3.79. The summed E-state index contributed by atoms with van der Waals surface area (Å²) in [6.45, 7) is 0. The third-order valence-corrected chi connectivity index (χ3v) is 4.58. The van der Waals surface area contributed by atoms with E-state index in [0.29, 0.717) is 12.2 Å². The summed E-state index contributed by atoms with van der Waals surface area (Å²) < 4.78 is 0. The van der Waals surface area contributed by atoms with E-state index in [1.807, 2.05) is 54.6 Å².